The molecule has 0 radical (unpaired) electrons. The Balaban J connectivity index is 1.52. The van der Waals surface area contributed by atoms with Crippen molar-refractivity contribution >= 4 is 17.6 Å². The first-order chi connectivity index (χ1) is 14.0. The van der Waals surface area contributed by atoms with E-state index in [0.29, 0.717) is 24.5 Å². The predicted octanol–water partition coefficient (Wildman–Crippen LogP) is 3.10. The molecule has 2 aliphatic rings. The van der Waals surface area contributed by atoms with Crippen LogP contribution in [0.3, 0.4) is 0 Å². The number of likely N-dealkylation sites (tertiary alicyclic amines) is 1. The van der Waals surface area contributed by atoms with Crippen molar-refractivity contribution in [2.24, 2.45) is 16.1 Å². The number of amides is 2. The van der Waals surface area contributed by atoms with Crippen molar-refractivity contribution in [1.82, 2.24) is 9.88 Å². The number of nitrogen functional groups attached to an aromatic ring is 1. The van der Waals surface area contributed by atoms with E-state index >= 15 is 0 Å². The maximum atomic E-state index is 13.0. The summed E-state index contributed by atoms with van der Waals surface area (Å²) in [5.74, 6) is -0.259. The van der Waals surface area contributed by atoms with Crippen LogP contribution in [0.15, 0.2) is 70.7 Å². The number of benzene rings is 1. The number of hydrogen-bond donors (Lipinski definition) is 1. The third-order valence-electron chi connectivity index (χ3n) is 5.50. The van der Waals surface area contributed by atoms with Crippen molar-refractivity contribution in [3.63, 3.8) is 0 Å². The first-order valence-electron chi connectivity index (χ1n) is 9.73. The third-order valence-corrected chi connectivity index (χ3v) is 5.50. The van der Waals surface area contributed by atoms with E-state index in [1.54, 1.807) is 12.3 Å². The lowest BCUT2D eigenvalue weighted by Gasteiger charge is -2.45. The summed E-state index contributed by atoms with van der Waals surface area (Å²) >= 11 is 0. The molecule has 1 fully saturated rings. The minimum absolute atomic E-state index is 0.0235. The van der Waals surface area contributed by atoms with Crippen LogP contribution in [0.25, 0.3) is 0 Å². The molecule has 1 aromatic heterocycles. The van der Waals surface area contributed by atoms with Gasteiger partial charge in [0, 0.05) is 12.6 Å². The molecule has 2 aliphatic heterocycles. The number of carbonyl (C=O) groups excluding carboxylic acids is 2. The van der Waals surface area contributed by atoms with Crippen molar-refractivity contribution in [3.05, 3.63) is 71.6 Å². The van der Waals surface area contributed by atoms with Gasteiger partial charge in [-0.3, -0.25) is 14.5 Å². The van der Waals surface area contributed by atoms with Gasteiger partial charge in [-0.05, 0) is 41.7 Å². The second-order valence-corrected chi connectivity index (χ2v) is 7.52. The molecule has 3 atom stereocenters. The van der Waals surface area contributed by atoms with Crippen LogP contribution in [0.4, 0.5) is 5.82 Å². The lowest BCUT2D eigenvalue weighted by atomic mass is 9.80. The SMILES string of the molecule is C[C@@H](CC(=O)N1C(=O)[C@H](Cc2ccnc(N)c2)[C@H]1C1=CCN=N1)c1ccccc1. The van der Waals surface area contributed by atoms with E-state index in [1.807, 2.05) is 49.4 Å². The van der Waals surface area contributed by atoms with Gasteiger partial charge in [0.25, 0.3) is 0 Å². The molecular weight excluding hydrogens is 366 g/mol. The van der Waals surface area contributed by atoms with Crippen LogP contribution in [0.5, 0.6) is 0 Å². The van der Waals surface area contributed by atoms with E-state index in [4.69, 9.17) is 5.73 Å². The van der Waals surface area contributed by atoms with Crippen molar-refractivity contribution < 1.29 is 9.59 Å². The monoisotopic (exact) mass is 389 g/mol. The van der Waals surface area contributed by atoms with E-state index in [0.717, 1.165) is 11.1 Å². The number of β-lactam (4-membered cyclic amide) rings is 1. The molecule has 2 N–H and O–H groups in total. The second-order valence-electron chi connectivity index (χ2n) is 7.52. The fourth-order valence-electron chi connectivity index (χ4n) is 3.98. The molecule has 0 unspecified atom stereocenters. The first-order valence-corrected chi connectivity index (χ1v) is 9.73. The number of azo groups is 1. The zero-order valence-electron chi connectivity index (χ0n) is 16.2. The average molecular weight is 389 g/mol. The highest BCUT2D eigenvalue weighted by atomic mass is 16.2. The van der Waals surface area contributed by atoms with E-state index < -0.39 is 0 Å². The summed E-state index contributed by atoms with van der Waals surface area (Å²) in [4.78, 5) is 31.3. The molecular formula is C22H23N5O2. The highest BCUT2D eigenvalue weighted by Crippen LogP contribution is 2.38. The number of nitrogens with zero attached hydrogens (tertiary/aromatic N) is 4. The number of pyridine rings is 1. The van der Waals surface area contributed by atoms with Crippen LogP contribution in [0.2, 0.25) is 0 Å². The van der Waals surface area contributed by atoms with Gasteiger partial charge in [-0.25, -0.2) is 4.98 Å². The molecule has 148 valence electrons. The lowest BCUT2D eigenvalue weighted by molar-refractivity contribution is -0.164. The largest absolute Gasteiger partial charge is 0.384 e. The van der Waals surface area contributed by atoms with Crippen LogP contribution < -0.4 is 5.73 Å². The summed E-state index contributed by atoms with van der Waals surface area (Å²) in [6, 6.07) is 13.1. The van der Waals surface area contributed by atoms with Gasteiger partial charge in [0.2, 0.25) is 11.8 Å². The van der Waals surface area contributed by atoms with Crippen LogP contribution in [0.1, 0.15) is 30.4 Å². The van der Waals surface area contributed by atoms with E-state index in [2.05, 4.69) is 15.2 Å². The van der Waals surface area contributed by atoms with Crippen molar-refractivity contribution in [1.29, 1.82) is 0 Å². The van der Waals surface area contributed by atoms with E-state index in [1.165, 1.54) is 4.90 Å². The third kappa shape index (κ3) is 3.81. The Morgan fingerprint density at radius 2 is 2.07 bits per heavy atom. The Kier molecular flexibility index (Phi) is 5.20. The molecule has 2 aromatic rings. The van der Waals surface area contributed by atoms with Gasteiger partial charge in [-0.2, -0.15) is 10.2 Å². The maximum Gasteiger partial charge on any atom is 0.235 e. The standard InChI is InChI=1S/C22H23N5O2/c1-14(16-5-3-2-4-6-16)11-20(28)27-21(18-8-10-25-26-18)17(22(27)29)12-15-7-9-24-19(23)13-15/h2-9,13-14,17,21H,10-12H2,1H3,(H2,23,24)/t14-,17+,21-/m0/s1. The summed E-state index contributed by atoms with van der Waals surface area (Å²) in [5, 5.41) is 8.18. The number of hydrogen-bond acceptors (Lipinski definition) is 6. The molecule has 0 saturated carbocycles. The van der Waals surface area contributed by atoms with Crippen molar-refractivity contribution in [2.75, 3.05) is 12.3 Å². The fraction of sp³-hybridized carbons (Fsp3) is 0.318. The molecule has 0 aliphatic carbocycles. The predicted molar refractivity (Wildman–Crippen MR) is 109 cm³/mol. The zero-order valence-corrected chi connectivity index (χ0v) is 16.2. The van der Waals surface area contributed by atoms with Crippen LogP contribution >= 0.6 is 0 Å². The van der Waals surface area contributed by atoms with Crippen molar-refractivity contribution in [2.45, 2.75) is 31.7 Å². The highest BCUT2D eigenvalue weighted by molar-refractivity contribution is 6.03. The molecule has 1 saturated heterocycles. The summed E-state index contributed by atoms with van der Waals surface area (Å²) in [6.07, 6.45) is 4.26. The highest BCUT2D eigenvalue weighted by Gasteiger charge is 2.52. The van der Waals surface area contributed by atoms with E-state index in [9.17, 15) is 9.59 Å². The molecule has 4 rings (SSSR count). The van der Waals surface area contributed by atoms with Crippen LogP contribution in [-0.4, -0.2) is 34.3 Å². The summed E-state index contributed by atoms with van der Waals surface area (Å²) < 4.78 is 0. The summed E-state index contributed by atoms with van der Waals surface area (Å²) in [5.41, 5.74) is 8.45. The Labute approximate surface area is 169 Å². The van der Waals surface area contributed by atoms with Gasteiger partial charge < -0.3 is 5.73 Å². The molecule has 29 heavy (non-hydrogen) atoms. The Hall–Kier alpha value is -3.35. The second kappa shape index (κ2) is 7.95. The number of rotatable bonds is 6. The minimum atomic E-state index is -0.376. The first kappa shape index (κ1) is 19.0. The molecule has 0 spiro atoms. The fourth-order valence-corrected chi connectivity index (χ4v) is 3.98. The van der Waals surface area contributed by atoms with Gasteiger partial charge in [-0.15, -0.1) is 0 Å². The van der Waals surface area contributed by atoms with Gasteiger partial charge in [0.05, 0.1) is 24.2 Å². The molecule has 0 bridgehead atoms. The molecule has 7 heteroatoms. The normalized spacial score (nSPS) is 21.6. The smallest absolute Gasteiger partial charge is 0.235 e. The Morgan fingerprint density at radius 3 is 2.76 bits per heavy atom. The van der Waals surface area contributed by atoms with Gasteiger partial charge in [-0.1, -0.05) is 37.3 Å². The Bertz CT molecular complexity index is 986. The number of nitrogens with two attached hydrogens (primary N) is 1. The quantitative estimate of drug-likeness (QED) is 0.767. The minimum Gasteiger partial charge on any atom is -0.384 e. The molecule has 2 amide bonds. The summed E-state index contributed by atoms with van der Waals surface area (Å²) in [7, 11) is 0. The maximum absolute atomic E-state index is 13.0. The molecule has 1 aromatic carbocycles. The summed E-state index contributed by atoms with van der Waals surface area (Å²) in [6.45, 7) is 2.48. The lowest BCUT2D eigenvalue weighted by Crippen LogP contribution is -2.64. The topological polar surface area (TPSA) is 101 Å². The molecule has 7 nitrogen and oxygen atoms in total. The van der Waals surface area contributed by atoms with Gasteiger partial charge in [0.1, 0.15) is 5.82 Å². The number of anilines is 1. The van der Waals surface area contributed by atoms with Crippen molar-refractivity contribution in [3.8, 4) is 0 Å². The Morgan fingerprint density at radius 1 is 1.28 bits per heavy atom. The number of aromatic nitrogens is 1. The molecule has 3 heterocycles. The van der Waals surface area contributed by atoms with Crippen LogP contribution in [0, 0.1) is 5.92 Å². The average Bonchev–Trinajstić information content (AvgIpc) is 3.24. The van der Waals surface area contributed by atoms with Gasteiger partial charge >= 0.3 is 0 Å². The van der Waals surface area contributed by atoms with Crippen LogP contribution in [-0.2, 0) is 16.0 Å². The number of imide groups is 1. The number of carbonyl (C=O) groups is 2. The van der Waals surface area contributed by atoms with E-state index in [-0.39, 0.29) is 36.1 Å². The van der Waals surface area contributed by atoms with Gasteiger partial charge in [0.15, 0.2) is 0 Å². The zero-order chi connectivity index (χ0) is 20.4.